The first kappa shape index (κ1) is 8.48. The van der Waals surface area contributed by atoms with E-state index in [2.05, 4.69) is 5.92 Å². The first-order chi connectivity index (χ1) is 4.31. The summed E-state index contributed by atoms with van der Waals surface area (Å²) in [4.78, 5) is 0. The average Bonchev–Trinajstić information content (AvgIpc) is 1.85. The smallest absolute Gasteiger partial charge is 0.0650 e. The third-order valence-corrected chi connectivity index (χ3v) is 1.05. The normalized spacial score (nSPS) is 12.6. The van der Waals surface area contributed by atoms with Gasteiger partial charge in [-0.3, -0.25) is 0 Å². The number of aliphatic hydroxyl groups excluding tert-OH is 2. The van der Waals surface area contributed by atoms with Crippen molar-refractivity contribution in [3.05, 3.63) is 0 Å². The Morgan fingerprint density at radius 1 is 1.56 bits per heavy atom. The lowest BCUT2D eigenvalue weighted by molar-refractivity contribution is 0.154. The van der Waals surface area contributed by atoms with Crippen molar-refractivity contribution in [2.24, 2.45) is 0 Å². The molecule has 0 aliphatic carbocycles. The van der Waals surface area contributed by atoms with E-state index in [4.69, 9.17) is 16.6 Å². The molecule has 0 aliphatic rings. The van der Waals surface area contributed by atoms with Crippen LogP contribution >= 0.6 is 0 Å². The minimum Gasteiger partial charge on any atom is -0.396 e. The molecule has 0 heterocycles. The van der Waals surface area contributed by atoms with Crippen LogP contribution in [-0.4, -0.2) is 22.9 Å². The van der Waals surface area contributed by atoms with Gasteiger partial charge in [-0.1, -0.05) is 0 Å². The van der Waals surface area contributed by atoms with Crippen LogP contribution in [0.15, 0.2) is 0 Å². The molecule has 0 aromatic rings. The van der Waals surface area contributed by atoms with Crippen LogP contribution in [0.3, 0.4) is 0 Å². The Morgan fingerprint density at radius 2 is 2.22 bits per heavy atom. The van der Waals surface area contributed by atoms with E-state index in [-0.39, 0.29) is 6.61 Å². The number of aliphatic hydroxyl groups is 2. The molecule has 0 amide bonds. The van der Waals surface area contributed by atoms with Gasteiger partial charge in [0.25, 0.3) is 0 Å². The fourth-order valence-corrected chi connectivity index (χ4v) is 0.565. The van der Waals surface area contributed by atoms with Crippen molar-refractivity contribution < 1.29 is 10.2 Å². The summed E-state index contributed by atoms with van der Waals surface area (Å²) >= 11 is 0. The molecule has 52 valence electrons. The van der Waals surface area contributed by atoms with Gasteiger partial charge in [0.1, 0.15) is 0 Å². The van der Waals surface area contributed by atoms with E-state index >= 15 is 0 Å². The molecule has 2 nitrogen and oxygen atoms in total. The molecule has 0 aromatic heterocycles. The predicted molar refractivity (Wildman–Crippen MR) is 35.8 cm³/mol. The summed E-state index contributed by atoms with van der Waals surface area (Å²) in [7, 11) is 0. The van der Waals surface area contributed by atoms with Crippen LogP contribution in [0.2, 0.25) is 0 Å². The average molecular weight is 128 g/mol. The summed E-state index contributed by atoms with van der Waals surface area (Å²) in [5.74, 6) is 2.34. The first-order valence-corrected chi connectivity index (χ1v) is 3.03. The maximum atomic E-state index is 8.93. The zero-order chi connectivity index (χ0) is 7.11. The van der Waals surface area contributed by atoms with E-state index in [1.165, 1.54) is 0 Å². The van der Waals surface area contributed by atoms with Crippen molar-refractivity contribution in [1.29, 1.82) is 0 Å². The van der Waals surface area contributed by atoms with Crippen molar-refractivity contribution in [2.75, 3.05) is 6.61 Å². The highest BCUT2D eigenvalue weighted by atomic mass is 16.3. The van der Waals surface area contributed by atoms with Crippen LogP contribution in [0.25, 0.3) is 0 Å². The van der Waals surface area contributed by atoms with Crippen LogP contribution in [0.5, 0.6) is 0 Å². The Kier molecular flexibility index (Phi) is 5.29. The molecular weight excluding hydrogens is 116 g/mol. The van der Waals surface area contributed by atoms with Gasteiger partial charge in [0.05, 0.1) is 6.10 Å². The molecule has 0 saturated carbocycles. The van der Waals surface area contributed by atoms with Crippen molar-refractivity contribution in [3.63, 3.8) is 0 Å². The molecule has 0 radical (unpaired) electrons. The van der Waals surface area contributed by atoms with Gasteiger partial charge in [0.15, 0.2) is 0 Å². The van der Waals surface area contributed by atoms with Gasteiger partial charge in [0, 0.05) is 13.0 Å². The minimum absolute atomic E-state index is 0.127. The Morgan fingerprint density at radius 3 is 2.67 bits per heavy atom. The molecule has 2 heteroatoms. The first-order valence-electron chi connectivity index (χ1n) is 3.03. The summed E-state index contributed by atoms with van der Waals surface area (Å²) in [5.41, 5.74) is 0. The molecule has 0 rings (SSSR count). The summed E-state index contributed by atoms with van der Waals surface area (Å²) < 4.78 is 0. The van der Waals surface area contributed by atoms with Crippen LogP contribution in [0, 0.1) is 12.3 Å². The fourth-order valence-electron chi connectivity index (χ4n) is 0.565. The molecule has 9 heavy (non-hydrogen) atoms. The highest BCUT2D eigenvalue weighted by Crippen LogP contribution is 1.98. The fraction of sp³-hybridized carbons (Fsp3) is 0.714. The minimum atomic E-state index is -0.429. The van der Waals surface area contributed by atoms with Gasteiger partial charge in [-0.05, 0) is 12.8 Å². The second kappa shape index (κ2) is 5.61. The van der Waals surface area contributed by atoms with E-state index in [9.17, 15) is 0 Å². The zero-order valence-electron chi connectivity index (χ0n) is 5.38. The van der Waals surface area contributed by atoms with Crippen LogP contribution in [0.4, 0.5) is 0 Å². The molecular formula is C7H12O2. The maximum absolute atomic E-state index is 8.93. The number of hydrogen-bond acceptors (Lipinski definition) is 2. The molecule has 0 saturated heterocycles. The van der Waals surface area contributed by atoms with Crippen LogP contribution in [-0.2, 0) is 0 Å². The van der Waals surface area contributed by atoms with Gasteiger partial charge >= 0.3 is 0 Å². The molecule has 0 aromatic carbocycles. The van der Waals surface area contributed by atoms with E-state index < -0.39 is 6.10 Å². The van der Waals surface area contributed by atoms with E-state index in [0.29, 0.717) is 19.3 Å². The molecule has 0 fully saturated rings. The molecule has 1 atom stereocenters. The quantitative estimate of drug-likeness (QED) is 0.529. The van der Waals surface area contributed by atoms with Gasteiger partial charge in [0.2, 0.25) is 0 Å². The summed E-state index contributed by atoms with van der Waals surface area (Å²) in [6.45, 7) is 0.127. The summed E-state index contributed by atoms with van der Waals surface area (Å²) in [6, 6.07) is 0. The van der Waals surface area contributed by atoms with Crippen molar-refractivity contribution in [3.8, 4) is 12.3 Å². The van der Waals surface area contributed by atoms with Gasteiger partial charge in [-0.2, -0.15) is 0 Å². The second-order valence-corrected chi connectivity index (χ2v) is 1.93. The Bertz CT molecular complexity index is 93.6. The van der Waals surface area contributed by atoms with Crippen LogP contribution < -0.4 is 0 Å². The molecule has 2 N–H and O–H groups in total. The Hall–Kier alpha value is -0.520. The highest BCUT2D eigenvalue weighted by molar-refractivity contribution is 4.86. The molecule has 1 unspecified atom stereocenters. The lowest BCUT2D eigenvalue weighted by Gasteiger charge is -2.02. The van der Waals surface area contributed by atoms with Crippen molar-refractivity contribution >= 4 is 0 Å². The lowest BCUT2D eigenvalue weighted by Crippen LogP contribution is -2.05. The van der Waals surface area contributed by atoms with E-state index in [1.807, 2.05) is 0 Å². The third kappa shape index (κ3) is 5.35. The zero-order valence-corrected chi connectivity index (χ0v) is 5.38. The Balaban J connectivity index is 3.08. The predicted octanol–water partition coefficient (Wildman–Crippen LogP) is 0.143. The highest BCUT2D eigenvalue weighted by Gasteiger charge is 1.98. The third-order valence-electron chi connectivity index (χ3n) is 1.05. The topological polar surface area (TPSA) is 40.5 Å². The summed E-state index contributed by atoms with van der Waals surface area (Å²) in [5, 5.41) is 17.2. The largest absolute Gasteiger partial charge is 0.396 e. The van der Waals surface area contributed by atoms with Gasteiger partial charge < -0.3 is 10.2 Å². The van der Waals surface area contributed by atoms with Crippen LogP contribution in [0.1, 0.15) is 19.3 Å². The standard InChI is InChI=1S/C7H12O2/c1-2-4-7(9)5-3-6-8/h1,7-9H,3-6H2. The monoisotopic (exact) mass is 128 g/mol. The van der Waals surface area contributed by atoms with Gasteiger partial charge in [-0.15, -0.1) is 12.3 Å². The number of hydrogen-bond donors (Lipinski definition) is 2. The number of terminal acetylenes is 1. The Labute approximate surface area is 55.5 Å². The second-order valence-electron chi connectivity index (χ2n) is 1.93. The van der Waals surface area contributed by atoms with E-state index in [1.54, 1.807) is 0 Å². The molecule has 0 aliphatic heterocycles. The maximum Gasteiger partial charge on any atom is 0.0650 e. The molecule has 0 spiro atoms. The van der Waals surface area contributed by atoms with Gasteiger partial charge in [-0.25, -0.2) is 0 Å². The SMILES string of the molecule is C#CCC(O)CCCO. The van der Waals surface area contributed by atoms with Crippen molar-refractivity contribution in [2.45, 2.75) is 25.4 Å². The number of rotatable bonds is 4. The van der Waals surface area contributed by atoms with E-state index in [0.717, 1.165) is 0 Å². The summed E-state index contributed by atoms with van der Waals surface area (Å²) in [6.07, 6.45) is 6.11. The lowest BCUT2D eigenvalue weighted by atomic mass is 10.1. The van der Waals surface area contributed by atoms with Crippen molar-refractivity contribution in [1.82, 2.24) is 0 Å². The molecule has 0 bridgehead atoms.